The number of anilines is 1. The van der Waals surface area contributed by atoms with Crippen LogP contribution in [0, 0.1) is 5.92 Å². The molecule has 0 aliphatic rings. The summed E-state index contributed by atoms with van der Waals surface area (Å²) in [4.78, 5) is 16.2. The van der Waals surface area contributed by atoms with Crippen molar-refractivity contribution in [2.24, 2.45) is 5.92 Å². The van der Waals surface area contributed by atoms with Crippen LogP contribution in [0.3, 0.4) is 0 Å². The molecule has 1 aromatic carbocycles. The minimum atomic E-state index is 0.0133. The fraction of sp³-hybridized carbons (Fsp3) is 0.375. The van der Waals surface area contributed by atoms with Crippen LogP contribution in [0.25, 0.3) is 10.9 Å². The second kappa shape index (κ2) is 7.01. The van der Waals surface area contributed by atoms with Gasteiger partial charge >= 0.3 is 0 Å². The fourth-order valence-electron chi connectivity index (χ4n) is 2.01. The van der Waals surface area contributed by atoms with Crippen LogP contribution in [-0.2, 0) is 4.79 Å². The molecule has 2 N–H and O–H groups in total. The Morgan fingerprint density at radius 3 is 2.85 bits per heavy atom. The Hall–Kier alpha value is -1.94. The third-order valence-corrected chi connectivity index (χ3v) is 2.99. The van der Waals surface area contributed by atoms with Crippen molar-refractivity contribution < 1.29 is 4.79 Å². The van der Waals surface area contributed by atoms with Crippen LogP contribution in [-0.4, -0.2) is 24.0 Å². The van der Waals surface area contributed by atoms with Crippen LogP contribution in [0.4, 0.5) is 5.69 Å². The number of hydrogen-bond donors (Lipinski definition) is 2. The topological polar surface area (TPSA) is 54.0 Å². The molecule has 0 radical (unpaired) electrons. The maximum Gasteiger partial charge on any atom is 0.225 e. The molecule has 0 bridgehead atoms. The minimum Gasteiger partial charge on any atom is -0.324 e. The highest BCUT2D eigenvalue weighted by Gasteiger charge is 2.06. The standard InChI is InChI=1S/C16H21N3O/c1-12(2)11-17-10-8-15(20)19-14-7-3-5-13-6-4-9-18-16(13)14/h3-7,9,12,17H,8,10-11H2,1-2H3,(H,19,20). The molecule has 0 atom stereocenters. The van der Waals surface area contributed by atoms with Crippen LogP contribution < -0.4 is 10.6 Å². The lowest BCUT2D eigenvalue weighted by Gasteiger charge is -2.09. The Morgan fingerprint density at radius 2 is 2.05 bits per heavy atom. The van der Waals surface area contributed by atoms with E-state index in [0.29, 0.717) is 18.9 Å². The molecule has 0 saturated carbocycles. The number of benzene rings is 1. The van der Waals surface area contributed by atoms with E-state index in [2.05, 4.69) is 29.5 Å². The summed E-state index contributed by atoms with van der Waals surface area (Å²) in [5, 5.41) is 7.22. The van der Waals surface area contributed by atoms with Gasteiger partial charge in [-0.1, -0.05) is 32.0 Å². The Labute approximate surface area is 119 Å². The van der Waals surface area contributed by atoms with Gasteiger partial charge in [0.05, 0.1) is 11.2 Å². The van der Waals surface area contributed by atoms with Crippen LogP contribution in [0.5, 0.6) is 0 Å². The van der Waals surface area contributed by atoms with Gasteiger partial charge in [0, 0.05) is 24.5 Å². The van der Waals surface area contributed by atoms with Crippen molar-refractivity contribution in [1.82, 2.24) is 10.3 Å². The zero-order chi connectivity index (χ0) is 14.4. The number of fused-ring (bicyclic) bond motifs is 1. The molecule has 0 aliphatic heterocycles. The lowest BCUT2D eigenvalue weighted by Crippen LogP contribution is -2.25. The van der Waals surface area contributed by atoms with Gasteiger partial charge in [-0.3, -0.25) is 9.78 Å². The van der Waals surface area contributed by atoms with Gasteiger partial charge in [0.25, 0.3) is 0 Å². The molecule has 2 rings (SSSR count). The lowest BCUT2D eigenvalue weighted by molar-refractivity contribution is -0.116. The van der Waals surface area contributed by atoms with Crippen molar-refractivity contribution in [3.05, 3.63) is 36.5 Å². The monoisotopic (exact) mass is 271 g/mol. The molecule has 0 saturated heterocycles. The number of aromatic nitrogens is 1. The first-order chi connectivity index (χ1) is 9.66. The largest absolute Gasteiger partial charge is 0.324 e. The Balaban J connectivity index is 1.93. The third-order valence-electron chi connectivity index (χ3n) is 2.99. The SMILES string of the molecule is CC(C)CNCCC(=O)Nc1cccc2cccnc12. The molecule has 4 heteroatoms. The van der Waals surface area contributed by atoms with Gasteiger partial charge in [0.2, 0.25) is 5.91 Å². The molecule has 0 unspecified atom stereocenters. The summed E-state index contributed by atoms with van der Waals surface area (Å²) in [6, 6.07) is 9.68. The number of hydrogen-bond acceptors (Lipinski definition) is 3. The first kappa shape index (κ1) is 14.5. The Bertz CT molecular complexity index is 575. The summed E-state index contributed by atoms with van der Waals surface area (Å²) in [5.41, 5.74) is 1.61. The summed E-state index contributed by atoms with van der Waals surface area (Å²) in [6.07, 6.45) is 2.21. The number of carbonyl (C=O) groups excluding carboxylic acids is 1. The fourth-order valence-corrected chi connectivity index (χ4v) is 2.01. The van der Waals surface area contributed by atoms with E-state index in [9.17, 15) is 4.79 Å². The molecule has 1 amide bonds. The molecule has 0 aliphatic carbocycles. The number of pyridine rings is 1. The molecule has 106 valence electrons. The van der Waals surface area contributed by atoms with E-state index in [-0.39, 0.29) is 5.91 Å². The molecular weight excluding hydrogens is 250 g/mol. The van der Waals surface area contributed by atoms with E-state index in [4.69, 9.17) is 0 Å². The number of para-hydroxylation sites is 1. The quantitative estimate of drug-likeness (QED) is 0.794. The van der Waals surface area contributed by atoms with Crippen molar-refractivity contribution in [3.8, 4) is 0 Å². The minimum absolute atomic E-state index is 0.0133. The summed E-state index contributed by atoms with van der Waals surface area (Å²) in [5.74, 6) is 0.611. The number of carbonyl (C=O) groups is 1. The number of amides is 1. The van der Waals surface area contributed by atoms with Crippen molar-refractivity contribution >= 4 is 22.5 Å². The van der Waals surface area contributed by atoms with Crippen molar-refractivity contribution in [2.45, 2.75) is 20.3 Å². The van der Waals surface area contributed by atoms with Gasteiger partial charge in [-0.15, -0.1) is 0 Å². The number of nitrogens with one attached hydrogen (secondary N) is 2. The lowest BCUT2D eigenvalue weighted by atomic mass is 10.2. The molecule has 20 heavy (non-hydrogen) atoms. The molecular formula is C16H21N3O. The first-order valence-corrected chi connectivity index (χ1v) is 7.01. The zero-order valence-corrected chi connectivity index (χ0v) is 12.0. The Kier molecular flexibility index (Phi) is 5.07. The van der Waals surface area contributed by atoms with Crippen molar-refractivity contribution in [3.63, 3.8) is 0 Å². The molecule has 0 spiro atoms. The van der Waals surface area contributed by atoms with Gasteiger partial charge in [0.15, 0.2) is 0 Å². The summed E-state index contributed by atoms with van der Waals surface area (Å²) in [6.45, 7) is 5.93. The predicted octanol–water partition coefficient (Wildman–Crippen LogP) is 2.81. The van der Waals surface area contributed by atoms with E-state index in [1.54, 1.807) is 6.20 Å². The van der Waals surface area contributed by atoms with Crippen molar-refractivity contribution in [1.29, 1.82) is 0 Å². The predicted molar refractivity (Wildman–Crippen MR) is 82.7 cm³/mol. The van der Waals surface area contributed by atoms with Gasteiger partial charge in [0.1, 0.15) is 0 Å². The third kappa shape index (κ3) is 4.03. The summed E-state index contributed by atoms with van der Waals surface area (Å²) >= 11 is 0. The molecule has 2 aromatic rings. The highest BCUT2D eigenvalue weighted by molar-refractivity contribution is 6.00. The van der Waals surface area contributed by atoms with E-state index >= 15 is 0 Å². The average molecular weight is 271 g/mol. The first-order valence-electron chi connectivity index (χ1n) is 7.01. The van der Waals surface area contributed by atoms with Crippen molar-refractivity contribution in [2.75, 3.05) is 18.4 Å². The van der Waals surface area contributed by atoms with E-state index in [1.807, 2.05) is 30.3 Å². The highest BCUT2D eigenvalue weighted by Crippen LogP contribution is 2.20. The van der Waals surface area contributed by atoms with Crippen LogP contribution in [0.15, 0.2) is 36.5 Å². The van der Waals surface area contributed by atoms with Gasteiger partial charge < -0.3 is 10.6 Å². The van der Waals surface area contributed by atoms with Gasteiger partial charge in [-0.25, -0.2) is 0 Å². The molecule has 1 aromatic heterocycles. The summed E-state index contributed by atoms with van der Waals surface area (Å²) in [7, 11) is 0. The number of rotatable bonds is 6. The molecule has 1 heterocycles. The van der Waals surface area contributed by atoms with Crippen LogP contribution >= 0.6 is 0 Å². The van der Waals surface area contributed by atoms with E-state index < -0.39 is 0 Å². The maximum absolute atomic E-state index is 11.9. The normalized spacial score (nSPS) is 10.9. The van der Waals surface area contributed by atoms with Gasteiger partial charge in [-0.05, 0) is 24.6 Å². The maximum atomic E-state index is 11.9. The van der Waals surface area contributed by atoms with Gasteiger partial charge in [-0.2, -0.15) is 0 Å². The zero-order valence-electron chi connectivity index (χ0n) is 12.0. The number of nitrogens with zero attached hydrogens (tertiary/aromatic N) is 1. The second-order valence-electron chi connectivity index (χ2n) is 5.28. The van der Waals surface area contributed by atoms with Crippen LogP contribution in [0.2, 0.25) is 0 Å². The molecule has 0 fully saturated rings. The summed E-state index contributed by atoms with van der Waals surface area (Å²) < 4.78 is 0. The van der Waals surface area contributed by atoms with E-state index in [0.717, 1.165) is 23.1 Å². The van der Waals surface area contributed by atoms with Crippen LogP contribution in [0.1, 0.15) is 20.3 Å². The smallest absolute Gasteiger partial charge is 0.225 e. The average Bonchev–Trinajstić information content (AvgIpc) is 2.44. The van der Waals surface area contributed by atoms with E-state index in [1.165, 1.54) is 0 Å². The molecule has 4 nitrogen and oxygen atoms in total. The second-order valence-corrected chi connectivity index (χ2v) is 5.28. The highest BCUT2D eigenvalue weighted by atomic mass is 16.1. The Morgan fingerprint density at radius 1 is 1.25 bits per heavy atom.